The van der Waals surface area contributed by atoms with Crippen LogP contribution in [0, 0.1) is 0 Å². The molecule has 0 saturated carbocycles. The lowest BCUT2D eigenvalue weighted by Gasteiger charge is -2.13. The highest BCUT2D eigenvalue weighted by atomic mass is 16.7. The van der Waals surface area contributed by atoms with Crippen LogP contribution in [0.25, 0.3) is 6.08 Å². The molecule has 1 amide bonds. The SMILES string of the molecule is COCOc1ccc(/C=C2\C(=O)N(c3ccccc3)N=C2C)cc1OCOC. The molecule has 2 aromatic carbocycles. The van der Waals surface area contributed by atoms with Gasteiger partial charge in [-0.25, -0.2) is 0 Å². The first-order valence-corrected chi connectivity index (χ1v) is 8.68. The summed E-state index contributed by atoms with van der Waals surface area (Å²) >= 11 is 0. The molecule has 1 aliphatic heterocycles. The monoisotopic (exact) mass is 382 g/mol. The quantitative estimate of drug-likeness (QED) is 0.517. The van der Waals surface area contributed by atoms with Gasteiger partial charge >= 0.3 is 0 Å². The number of amides is 1. The average molecular weight is 382 g/mol. The van der Waals surface area contributed by atoms with Crippen molar-refractivity contribution in [1.82, 2.24) is 0 Å². The van der Waals surface area contributed by atoms with E-state index in [1.807, 2.05) is 43.3 Å². The van der Waals surface area contributed by atoms with Gasteiger partial charge < -0.3 is 18.9 Å². The van der Waals surface area contributed by atoms with Crippen LogP contribution in [-0.2, 0) is 14.3 Å². The van der Waals surface area contributed by atoms with Crippen LogP contribution in [0.15, 0.2) is 59.2 Å². The van der Waals surface area contributed by atoms with Gasteiger partial charge in [0.15, 0.2) is 25.1 Å². The highest BCUT2D eigenvalue weighted by molar-refractivity contribution is 6.32. The van der Waals surface area contributed by atoms with E-state index in [2.05, 4.69) is 5.10 Å². The maximum absolute atomic E-state index is 12.8. The molecule has 0 unspecified atom stereocenters. The Morgan fingerprint density at radius 3 is 2.32 bits per heavy atom. The van der Waals surface area contributed by atoms with Crippen LogP contribution in [0.5, 0.6) is 11.5 Å². The molecular formula is C21H22N2O5. The fourth-order valence-corrected chi connectivity index (χ4v) is 2.69. The van der Waals surface area contributed by atoms with E-state index in [0.29, 0.717) is 22.8 Å². The van der Waals surface area contributed by atoms with Crippen LogP contribution < -0.4 is 14.5 Å². The zero-order valence-corrected chi connectivity index (χ0v) is 16.0. The van der Waals surface area contributed by atoms with E-state index < -0.39 is 0 Å². The smallest absolute Gasteiger partial charge is 0.280 e. The zero-order chi connectivity index (χ0) is 19.9. The fraction of sp³-hybridized carbons (Fsp3) is 0.238. The van der Waals surface area contributed by atoms with Gasteiger partial charge in [0.2, 0.25) is 0 Å². The number of para-hydroxylation sites is 1. The summed E-state index contributed by atoms with van der Waals surface area (Å²) in [5.74, 6) is 0.839. The molecule has 0 fully saturated rings. The molecular weight excluding hydrogens is 360 g/mol. The Morgan fingerprint density at radius 1 is 0.964 bits per heavy atom. The third-order valence-electron chi connectivity index (χ3n) is 4.01. The maximum atomic E-state index is 12.8. The van der Waals surface area contributed by atoms with Gasteiger partial charge in [0, 0.05) is 14.2 Å². The third-order valence-corrected chi connectivity index (χ3v) is 4.01. The second kappa shape index (κ2) is 9.16. The first kappa shape index (κ1) is 19.6. The van der Waals surface area contributed by atoms with Gasteiger partial charge in [-0.3, -0.25) is 4.79 Å². The Bertz CT molecular complexity index is 893. The summed E-state index contributed by atoms with van der Waals surface area (Å²) in [5.41, 5.74) is 2.67. The summed E-state index contributed by atoms with van der Waals surface area (Å²) in [4.78, 5) is 12.8. The van der Waals surface area contributed by atoms with Crippen LogP contribution in [0.1, 0.15) is 12.5 Å². The molecule has 0 atom stereocenters. The van der Waals surface area contributed by atoms with Crippen molar-refractivity contribution in [3.05, 3.63) is 59.7 Å². The van der Waals surface area contributed by atoms with Gasteiger partial charge in [-0.05, 0) is 42.8 Å². The molecule has 1 aliphatic rings. The summed E-state index contributed by atoms with van der Waals surface area (Å²) in [7, 11) is 3.08. The lowest BCUT2D eigenvalue weighted by atomic mass is 10.1. The predicted molar refractivity (Wildman–Crippen MR) is 106 cm³/mol. The molecule has 0 aliphatic carbocycles. The van der Waals surface area contributed by atoms with E-state index in [1.54, 1.807) is 25.3 Å². The predicted octanol–water partition coefficient (Wildman–Crippen LogP) is 3.46. The molecule has 0 N–H and O–H groups in total. The fourth-order valence-electron chi connectivity index (χ4n) is 2.69. The van der Waals surface area contributed by atoms with Gasteiger partial charge in [-0.1, -0.05) is 24.3 Å². The summed E-state index contributed by atoms with van der Waals surface area (Å²) < 4.78 is 21.0. The minimum Gasteiger partial charge on any atom is -0.464 e. The Labute approximate surface area is 163 Å². The number of hydrogen-bond acceptors (Lipinski definition) is 6. The van der Waals surface area contributed by atoms with Gasteiger partial charge in [0.25, 0.3) is 5.91 Å². The van der Waals surface area contributed by atoms with Crippen molar-refractivity contribution in [1.29, 1.82) is 0 Å². The number of methoxy groups -OCH3 is 2. The number of benzene rings is 2. The molecule has 0 radical (unpaired) electrons. The molecule has 0 spiro atoms. The minimum absolute atomic E-state index is 0.0740. The van der Waals surface area contributed by atoms with Crippen LogP contribution in [-0.4, -0.2) is 39.4 Å². The van der Waals surface area contributed by atoms with Gasteiger partial charge in [0.1, 0.15) is 0 Å². The zero-order valence-electron chi connectivity index (χ0n) is 16.0. The normalized spacial score (nSPS) is 15.1. The summed E-state index contributed by atoms with van der Waals surface area (Å²) in [6.07, 6.45) is 1.78. The second-order valence-electron chi connectivity index (χ2n) is 6.00. The lowest BCUT2D eigenvalue weighted by molar-refractivity contribution is -0.114. The number of anilines is 1. The number of carbonyl (C=O) groups is 1. The van der Waals surface area contributed by atoms with Gasteiger partial charge in [-0.15, -0.1) is 0 Å². The Morgan fingerprint density at radius 2 is 1.64 bits per heavy atom. The van der Waals surface area contributed by atoms with E-state index in [-0.39, 0.29) is 19.5 Å². The number of nitrogens with zero attached hydrogens (tertiary/aromatic N) is 2. The molecule has 7 heteroatoms. The molecule has 0 bridgehead atoms. The summed E-state index contributed by atoms with van der Waals surface area (Å²) in [6, 6.07) is 14.7. The molecule has 0 saturated heterocycles. The van der Waals surface area contributed by atoms with E-state index in [9.17, 15) is 4.79 Å². The molecule has 3 rings (SSSR count). The van der Waals surface area contributed by atoms with Crippen LogP contribution in [0.2, 0.25) is 0 Å². The maximum Gasteiger partial charge on any atom is 0.280 e. The van der Waals surface area contributed by atoms with E-state index in [1.165, 1.54) is 12.1 Å². The number of carbonyl (C=O) groups excluding carboxylic acids is 1. The summed E-state index contributed by atoms with van der Waals surface area (Å²) in [5, 5.41) is 5.79. The second-order valence-corrected chi connectivity index (χ2v) is 6.00. The highest BCUT2D eigenvalue weighted by Gasteiger charge is 2.28. The number of hydrazone groups is 1. The number of hydrogen-bond donors (Lipinski definition) is 0. The van der Waals surface area contributed by atoms with E-state index in [0.717, 1.165) is 11.3 Å². The third kappa shape index (κ3) is 4.39. The Kier molecular flexibility index (Phi) is 6.41. The van der Waals surface area contributed by atoms with Crippen molar-refractivity contribution in [3.8, 4) is 11.5 Å². The van der Waals surface area contributed by atoms with E-state index in [4.69, 9.17) is 18.9 Å². The van der Waals surface area contributed by atoms with Crippen molar-refractivity contribution in [2.45, 2.75) is 6.92 Å². The number of rotatable bonds is 8. The topological polar surface area (TPSA) is 69.6 Å². The largest absolute Gasteiger partial charge is 0.464 e. The van der Waals surface area contributed by atoms with Gasteiger partial charge in [0.05, 0.1) is 17.0 Å². The molecule has 146 valence electrons. The first-order valence-electron chi connectivity index (χ1n) is 8.68. The molecule has 7 nitrogen and oxygen atoms in total. The molecule has 28 heavy (non-hydrogen) atoms. The Hall–Kier alpha value is -3.16. The van der Waals surface area contributed by atoms with Crippen LogP contribution in [0.3, 0.4) is 0 Å². The standard InChI is InChI=1S/C21H22N2O5/c1-15-18(21(24)23(22-15)17-7-5-4-6-8-17)11-16-9-10-19(27-13-25-2)20(12-16)28-14-26-3/h4-12H,13-14H2,1-3H3/b18-11-. The van der Waals surface area contributed by atoms with Crippen molar-refractivity contribution in [2.24, 2.45) is 5.10 Å². The van der Waals surface area contributed by atoms with Crippen molar-refractivity contribution in [3.63, 3.8) is 0 Å². The Balaban J connectivity index is 1.88. The van der Waals surface area contributed by atoms with Crippen LogP contribution in [0.4, 0.5) is 5.69 Å². The van der Waals surface area contributed by atoms with Crippen LogP contribution >= 0.6 is 0 Å². The average Bonchev–Trinajstić information content (AvgIpc) is 3.00. The van der Waals surface area contributed by atoms with Crippen molar-refractivity contribution in [2.75, 3.05) is 32.8 Å². The van der Waals surface area contributed by atoms with E-state index >= 15 is 0 Å². The highest BCUT2D eigenvalue weighted by Crippen LogP contribution is 2.31. The van der Waals surface area contributed by atoms with Crippen molar-refractivity contribution >= 4 is 23.4 Å². The number of ether oxygens (including phenoxy) is 4. The molecule has 0 aromatic heterocycles. The lowest BCUT2D eigenvalue weighted by Crippen LogP contribution is -2.21. The molecule has 1 heterocycles. The summed E-state index contributed by atoms with van der Waals surface area (Å²) in [6.45, 7) is 1.98. The van der Waals surface area contributed by atoms with Crippen molar-refractivity contribution < 1.29 is 23.7 Å². The first-order chi connectivity index (χ1) is 13.6. The van der Waals surface area contributed by atoms with Gasteiger partial charge in [-0.2, -0.15) is 10.1 Å². The molecule has 2 aromatic rings. The minimum atomic E-state index is -0.178.